The van der Waals surface area contributed by atoms with E-state index in [9.17, 15) is 4.79 Å². The first kappa shape index (κ1) is 13.2. The molecular formula is C15H16ClN3O. The number of benzene rings is 1. The Bertz CT molecular complexity index is 600. The van der Waals surface area contributed by atoms with Crippen LogP contribution in [-0.4, -0.2) is 22.1 Å². The molecule has 20 heavy (non-hydrogen) atoms. The number of aromatic nitrogens is 2. The number of nitrogens with zero attached hydrogens (tertiary/aromatic N) is 1. The normalized spacial score (nSPS) is 15.4. The van der Waals surface area contributed by atoms with E-state index in [0.717, 1.165) is 24.1 Å². The standard InChI is InChI=1S/C15H16ClN3O/c16-11-7-5-10(6-8-11)13-9-14(19-18-13)15(20)17-12-3-1-2-4-12/h5-9,12H,1-4H2,(H,17,20)(H,18,19). The van der Waals surface area contributed by atoms with Crippen molar-refractivity contribution in [2.24, 2.45) is 0 Å². The molecule has 3 rings (SSSR count). The number of carbonyl (C=O) groups is 1. The number of hydrogen-bond acceptors (Lipinski definition) is 2. The monoisotopic (exact) mass is 289 g/mol. The molecule has 0 spiro atoms. The maximum atomic E-state index is 12.1. The Labute approximate surface area is 122 Å². The van der Waals surface area contributed by atoms with E-state index in [1.54, 1.807) is 6.07 Å². The first-order valence-electron chi connectivity index (χ1n) is 6.84. The summed E-state index contributed by atoms with van der Waals surface area (Å²) in [6.07, 6.45) is 4.54. The predicted molar refractivity (Wildman–Crippen MR) is 78.8 cm³/mol. The highest BCUT2D eigenvalue weighted by molar-refractivity contribution is 6.30. The Morgan fingerprint density at radius 1 is 1.25 bits per heavy atom. The molecule has 0 aliphatic heterocycles. The lowest BCUT2D eigenvalue weighted by molar-refractivity contribution is 0.0933. The van der Waals surface area contributed by atoms with Crippen molar-refractivity contribution in [2.75, 3.05) is 0 Å². The summed E-state index contributed by atoms with van der Waals surface area (Å²) in [5.41, 5.74) is 2.19. The minimum atomic E-state index is -0.0791. The number of amides is 1. The Kier molecular flexibility index (Phi) is 3.74. The molecule has 0 bridgehead atoms. The Hall–Kier alpha value is -1.81. The molecule has 2 aromatic rings. The highest BCUT2D eigenvalue weighted by Gasteiger charge is 2.19. The molecule has 2 N–H and O–H groups in total. The third-order valence-electron chi connectivity index (χ3n) is 3.65. The summed E-state index contributed by atoms with van der Waals surface area (Å²) in [5, 5.41) is 10.7. The molecule has 5 heteroatoms. The van der Waals surface area contributed by atoms with E-state index in [-0.39, 0.29) is 5.91 Å². The fourth-order valence-electron chi connectivity index (χ4n) is 2.54. The fraction of sp³-hybridized carbons (Fsp3) is 0.333. The number of hydrogen-bond donors (Lipinski definition) is 2. The first-order chi connectivity index (χ1) is 9.72. The second-order valence-corrected chi connectivity index (χ2v) is 5.57. The van der Waals surface area contributed by atoms with Gasteiger partial charge in [0, 0.05) is 16.6 Å². The molecule has 1 aliphatic rings. The van der Waals surface area contributed by atoms with Gasteiger partial charge in [-0.2, -0.15) is 5.10 Å². The summed E-state index contributed by atoms with van der Waals surface area (Å²) in [6, 6.07) is 9.47. The van der Waals surface area contributed by atoms with Gasteiger partial charge in [0.15, 0.2) is 0 Å². The van der Waals surface area contributed by atoms with Crippen LogP contribution in [0.25, 0.3) is 11.3 Å². The molecule has 4 nitrogen and oxygen atoms in total. The van der Waals surface area contributed by atoms with Crippen LogP contribution in [-0.2, 0) is 0 Å². The molecule has 104 valence electrons. The van der Waals surface area contributed by atoms with Crippen molar-refractivity contribution in [3.05, 3.63) is 41.0 Å². The van der Waals surface area contributed by atoms with Crippen molar-refractivity contribution in [2.45, 2.75) is 31.7 Å². The Balaban J connectivity index is 1.72. The zero-order valence-corrected chi connectivity index (χ0v) is 11.8. The quantitative estimate of drug-likeness (QED) is 0.910. The lowest BCUT2D eigenvalue weighted by Crippen LogP contribution is -2.32. The smallest absolute Gasteiger partial charge is 0.269 e. The third kappa shape index (κ3) is 2.85. The molecule has 1 heterocycles. The number of carbonyl (C=O) groups excluding carboxylic acids is 1. The van der Waals surface area contributed by atoms with Gasteiger partial charge in [0.05, 0.1) is 5.69 Å². The van der Waals surface area contributed by atoms with Crippen LogP contribution in [0, 0.1) is 0 Å². The van der Waals surface area contributed by atoms with E-state index in [4.69, 9.17) is 11.6 Å². The molecule has 1 amide bonds. The number of halogens is 1. The van der Waals surface area contributed by atoms with Gasteiger partial charge in [-0.3, -0.25) is 9.89 Å². The van der Waals surface area contributed by atoms with Crippen LogP contribution in [0.3, 0.4) is 0 Å². The van der Waals surface area contributed by atoms with Gasteiger partial charge < -0.3 is 5.32 Å². The zero-order valence-electron chi connectivity index (χ0n) is 11.0. The van der Waals surface area contributed by atoms with Crippen LogP contribution in [0.4, 0.5) is 0 Å². The number of H-pyrrole nitrogens is 1. The average molecular weight is 290 g/mol. The first-order valence-corrected chi connectivity index (χ1v) is 7.22. The van der Waals surface area contributed by atoms with Crippen molar-refractivity contribution < 1.29 is 4.79 Å². The van der Waals surface area contributed by atoms with Gasteiger partial charge in [-0.25, -0.2) is 0 Å². The van der Waals surface area contributed by atoms with E-state index in [1.165, 1.54) is 12.8 Å². The van der Waals surface area contributed by atoms with Gasteiger partial charge in [0.25, 0.3) is 5.91 Å². The van der Waals surface area contributed by atoms with Gasteiger partial charge in [0.2, 0.25) is 0 Å². The number of rotatable bonds is 3. The summed E-state index contributed by atoms with van der Waals surface area (Å²) >= 11 is 5.86. The van der Waals surface area contributed by atoms with Crippen molar-refractivity contribution >= 4 is 17.5 Å². The van der Waals surface area contributed by atoms with Gasteiger partial charge in [-0.1, -0.05) is 36.6 Å². The van der Waals surface area contributed by atoms with Crippen molar-refractivity contribution in [3.63, 3.8) is 0 Å². The van der Waals surface area contributed by atoms with Crippen LogP contribution in [0.15, 0.2) is 30.3 Å². The lowest BCUT2D eigenvalue weighted by atomic mass is 10.1. The fourth-order valence-corrected chi connectivity index (χ4v) is 2.67. The minimum absolute atomic E-state index is 0.0791. The maximum absolute atomic E-state index is 12.1. The second kappa shape index (κ2) is 5.67. The van der Waals surface area contributed by atoms with Crippen LogP contribution in [0.5, 0.6) is 0 Å². The number of nitrogens with one attached hydrogen (secondary N) is 2. The molecule has 1 aromatic carbocycles. The van der Waals surface area contributed by atoms with Crippen LogP contribution >= 0.6 is 11.6 Å². The molecule has 0 saturated heterocycles. The maximum Gasteiger partial charge on any atom is 0.269 e. The van der Waals surface area contributed by atoms with E-state index in [2.05, 4.69) is 15.5 Å². The average Bonchev–Trinajstić information content (AvgIpc) is 3.10. The molecule has 1 saturated carbocycles. The largest absolute Gasteiger partial charge is 0.348 e. The molecule has 0 radical (unpaired) electrons. The summed E-state index contributed by atoms with van der Waals surface area (Å²) in [7, 11) is 0. The molecule has 1 aliphatic carbocycles. The Morgan fingerprint density at radius 2 is 1.95 bits per heavy atom. The number of aromatic amines is 1. The lowest BCUT2D eigenvalue weighted by Gasteiger charge is -2.09. The molecule has 0 atom stereocenters. The Morgan fingerprint density at radius 3 is 2.65 bits per heavy atom. The van der Waals surface area contributed by atoms with Crippen molar-refractivity contribution in [1.82, 2.24) is 15.5 Å². The van der Waals surface area contributed by atoms with Crippen molar-refractivity contribution in [1.29, 1.82) is 0 Å². The summed E-state index contributed by atoms with van der Waals surface area (Å²) in [5.74, 6) is -0.0791. The van der Waals surface area contributed by atoms with Gasteiger partial charge in [-0.15, -0.1) is 0 Å². The van der Waals surface area contributed by atoms with Gasteiger partial charge in [0.1, 0.15) is 5.69 Å². The zero-order chi connectivity index (χ0) is 13.9. The molecule has 1 fully saturated rings. The van der Waals surface area contributed by atoms with E-state index < -0.39 is 0 Å². The third-order valence-corrected chi connectivity index (χ3v) is 3.90. The minimum Gasteiger partial charge on any atom is -0.348 e. The van der Waals surface area contributed by atoms with E-state index >= 15 is 0 Å². The highest BCUT2D eigenvalue weighted by atomic mass is 35.5. The van der Waals surface area contributed by atoms with E-state index in [1.807, 2.05) is 24.3 Å². The summed E-state index contributed by atoms with van der Waals surface area (Å²) in [6.45, 7) is 0. The van der Waals surface area contributed by atoms with Gasteiger partial charge >= 0.3 is 0 Å². The van der Waals surface area contributed by atoms with Gasteiger partial charge in [-0.05, 0) is 31.0 Å². The van der Waals surface area contributed by atoms with Crippen LogP contribution < -0.4 is 5.32 Å². The molecule has 1 aromatic heterocycles. The summed E-state index contributed by atoms with van der Waals surface area (Å²) in [4.78, 5) is 12.1. The van der Waals surface area contributed by atoms with Crippen LogP contribution in [0.2, 0.25) is 5.02 Å². The second-order valence-electron chi connectivity index (χ2n) is 5.13. The van der Waals surface area contributed by atoms with Crippen LogP contribution in [0.1, 0.15) is 36.2 Å². The predicted octanol–water partition coefficient (Wildman–Crippen LogP) is 3.40. The SMILES string of the molecule is O=C(NC1CCCC1)c1cc(-c2ccc(Cl)cc2)n[nH]1. The van der Waals surface area contributed by atoms with Crippen molar-refractivity contribution in [3.8, 4) is 11.3 Å². The summed E-state index contributed by atoms with van der Waals surface area (Å²) < 4.78 is 0. The van der Waals surface area contributed by atoms with E-state index in [0.29, 0.717) is 16.8 Å². The molecule has 0 unspecified atom stereocenters. The molecular weight excluding hydrogens is 274 g/mol. The highest BCUT2D eigenvalue weighted by Crippen LogP contribution is 2.21. The topological polar surface area (TPSA) is 57.8 Å².